The Hall–Kier alpha value is -2.32. The van der Waals surface area contributed by atoms with Gasteiger partial charge in [-0.1, -0.05) is 72.8 Å². The van der Waals surface area contributed by atoms with E-state index >= 15 is 0 Å². The van der Waals surface area contributed by atoms with Gasteiger partial charge in [0.1, 0.15) is 0 Å². The van der Waals surface area contributed by atoms with Crippen molar-refractivity contribution in [1.82, 2.24) is 0 Å². The molecule has 0 radical (unpaired) electrons. The second-order valence-electron chi connectivity index (χ2n) is 5.76. The number of carbonyl (C=O) groups excluding carboxylic acids is 1. The topological polar surface area (TPSA) is 17.1 Å². The summed E-state index contributed by atoms with van der Waals surface area (Å²) in [5.41, 5.74) is 4.17. The van der Waals surface area contributed by atoms with Gasteiger partial charge in [0.2, 0.25) is 0 Å². The number of ketones is 1. The minimum absolute atomic E-state index is 0.184. The van der Waals surface area contributed by atoms with Crippen LogP contribution in [-0.2, 0) is 0 Å². The van der Waals surface area contributed by atoms with E-state index in [0.717, 1.165) is 16.7 Å². The molecule has 24 heavy (non-hydrogen) atoms. The Morgan fingerprint density at radius 3 is 2.04 bits per heavy atom. The molecule has 0 bridgehead atoms. The summed E-state index contributed by atoms with van der Waals surface area (Å²) in [6.45, 7) is 4.00. The molecular weight excluding hydrogens is 312 g/mol. The maximum atomic E-state index is 12.1. The molecule has 0 aromatic heterocycles. The van der Waals surface area contributed by atoms with Gasteiger partial charge in [-0.05, 0) is 42.3 Å². The Labute approximate surface area is 147 Å². The Balaban J connectivity index is 1.85. The molecule has 0 aliphatic heterocycles. The van der Waals surface area contributed by atoms with Gasteiger partial charge < -0.3 is 0 Å². The van der Waals surface area contributed by atoms with Gasteiger partial charge in [-0.15, -0.1) is 0 Å². The zero-order valence-electron chi connectivity index (χ0n) is 14.0. The summed E-state index contributed by atoms with van der Waals surface area (Å²) in [4.78, 5) is 14.6. The number of aryl methyl sites for hydroxylation is 1. The smallest absolute Gasteiger partial charge is 0.163 e. The monoisotopic (exact) mass is 332 g/mol. The SMILES string of the molecule is CCC(=O)c1ccccc1-c1ccc(Sc2ccc(C)cc2)cc1. The number of hydrogen-bond donors (Lipinski definition) is 0. The fourth-order valence-electron chi connectivity index (χ4n) is 2.61. The number of Topliss-reactive ketones (excluding diaryl/α,β-unsaturated/α-hetero) is 1. The van der Waals surface area contributed by atoms with E-state index < -0.39 is 0 Å². The van der Waals surface area contributed by atoms with Crippen molar-refractivity contribution in [1.29, 1.82) is 0 Å². The van der Waals surface area contributed by atoms with Gasteiger partial charge in [-0.2, -0.15) is 0 Å². The molecule has 0 unspecified atom stereocenters. The summed E-state index contributed by atoms with van der Waals surface area (Å²) >= 11 is 1.75. The van der Waals surface area contributed by atoms with Crippen molar-refractivity contribution >= 4 is 17.5 Å². The molecule has 3 rings (SSSR count). The highest BCUT2D eigenvalue weighted by atomic mass is 32.2. The van der Waals surface area contributed by atoms with E-state index in [1.165, 1.54) is 15.4 Å². The first-order chi connectivity index (χ1) is 11.7. The van der Waals surface area contributed by atoms with Gasteiger partial charge in [-0.3, -0.25) is 4.79 Å². The maximum absolute atomic E-state index is 12.1. The van der Waals surface area contributed by atoms with Gasteiger partial charge in [-0.25, -0.2) is 0 Å². The van der Waals surface area contributed by atoms with E-state index in [1.807, 2.05) is 31.2 Å². The predicted molar refractivity (Wildman–Crippen MR) is 102 cm³/mol. The Morgan fingerprint density at radius 1 is 0.833 bits per heavy atom. The second kappa shape index (κ2) is 7.50. The first-order valence-electron chi connectivity index (χ1n) is 8.14. The number of hydrogen-bond acceptors (Lipinski definition) is 2. The molecule has 0 spiro atoms. The second-order valence-corrected chi connectivity index (χ2v) is 6.91. The standard InChI is InChI=1S/C22H20OS/c1-3-22(23)21-7-5-4-6-20(21)17-10-14-19(15-11-17)24-18-12-8-16(2)9-13-18/h4-15H,3H2,1-2H3. The third-order valence-corrected chi connectivity index (χ3v) is 4.99. The molecule has 0 aliphatic rings. The molecule has 1 nitrogen and oxygen atoms in total. The van der Waals surface area contributed by atoms with Crippen LogP contribution in [0.2, 0.25) is 0 Å². The summed E-state index contributed by atoms with van der Waals surface area (Å²) < 4.78 is 0. The van der Waals surface area contributed by atoms with Crippen molar-refractivity contribution in [2.75, 3.05) is 0 Å². The van der Waals surface area contributed by atoms with E-state index in [0.29, 0.717) is 6.42 Å². The molecule has 0 aliphatic carbocycles. The van der Waals surface area contributed by atoms with Crippen molar-refractivity contribution in [3.8, 4) is 11.1 Å². The molecule has 0 amide bonds. The van der Waals surface area contributed by atoms with Crippen LogP contribution in [0.25, 0.3) is 11.1 Å². The van der Waals surface area contributed by atoms with Crippen LogP contribution in [0.5, 0.6) is 0 Å². The predicted octanol–water partition coefficient (Wildman–Crippen LogP) is 6.41. The largest absolute Gasteiger partial charge is 0.294 e. The highest BCUT2D eigenvalue weighted by Gasteiger charge is 2.10. The summed E-state index contributed by atoms with van der Waals surface area (Å²) in [6, 6.07) is 24.8. The Morgan fingerprint density at radius 2 is 1.42 bits per heavy atom. The molecule has 0 saturated heterocycles. The molecular formula is C22H20OS. The molecule has 3 aromatic rings. The molecule has 0 atom stereocenters. The Bertz CT molecular complexity index is 833. The molecule has 0 N–H and O–H groups in total. The van der Waals surface area contributed by atoms with Crippen LogP contribution >= 0.6 is 11.8 Å². The normalized spacial score (nSPS) is 10.6. The lowest BCUT2D eigenvalue weighted by atomic mass is 9.96. The van der Waals surface area contributed by atoms with Crippen LogP contribution in [0.3, 0.4) is 0 Å². The molecule has 0 fully saturated rings. The maximum Gasteiger partial charge on any atom is 0.163 e. The number of benzene rings is 3. The lowest BCUT2D eigenvalue weighted by Gasteiger charge is -2.09. The van der Waals surface area contributed by atoms with Crippen LogP contribution in [-0.4, -0.2) is 5.78 Å². The zero-order chi connectivity index (χ0) is 16.9. The molecule has 0 saturated carbocycles. The summed E-state index contributed by atoms with van der Waals surface area (Å²) in [5.74, 6) is 0.184. The van der Waals surface area contributed by atoms with Gasteiger partial charge in [0.05, 0.1) is 0 Å². The van der Waals surface area contributed by atoms with Crippen LogP contribution < -0.4 is 0 Å². The van der Waals surface area contributed by atoms with E-state index in [-0.39, 0.29) is 5.78 Å². The third kappa shape index (κ3) is 3.77. The van der Waals surface area contributed by atoms with Gasteiger partial charge in [0, 0.05) is 21.8 Å². The molecule has 0 heterocycles. The third-order valence-electron chi connectivity index (χ3n) is 3.97. The summed E-state index contributed by atoms with van der Waals surface area (Å²) in [7, 11) is 0. The fourth-order valence-corrected chi connectivity index (χ4v) is 3.43. The quantitative estimate of drug-likeness (QED) is 0.502. The van der Waals surface area contributed by atoms with Crippen LogP contribution in [0, 0.1) is 6.92 Å². The minimum Gasteiger partial charge on any atom is -0.294 e. The zero-order valence-corrected chi connectivity index (χ0v) is 14.8. The summed E-state index contributed by atoms with van der Waals surface area (Å²) in [5, 5.41) is 0. The van der Waals surface area contributed by atoms with Crippen molar-refractivity contribution < 1.29 is 4.79 Å². The van der Waals surface area contributed by atoms with Gasteiger partial charge in [0.25, 0.3) is 0 Å². The van der Waals surface area contributed by atoms with Crippen LogP contribution in [0.1, 0.15) is 29.3 Å². The molecule has 3 aromatic carbocycles. The van der Waals surface area contributed by atoms with Crippen molar-refractivity contribution in [3.05, 3.63) is 83.9 Å². The lowest BCUT2D eigenvalue weighted by Crippen LogP contribution is -1.99. The average molecular weight is 332 g/mol. The number of carbonyl (C=O) groups is 1. The van der Waals surface area contributed by atoms with Crippen molar-refractivity contribution in [3.63, 3.8) is 0 Å². The highest BCUT2D eigenvalue weighted by molar-refractivity contribution is 7.99. The van der Waals surface area contributed by atoms with E-state index in [9.17, 15) is 4.79 Å². The van der Waals surface area contributed by atoms with Crippen molar-refractivity contribution in [2.45, 2.75) is 30.1 Å². The Kier molecular flexibility index (Phi) is 5.17. The van der Waals surface area contributed by atoms with Crippen LogP contribution in [0.4, 0.5) is 0 Å². The average Bonchev–Trinajstić information content (AvgIpc) is 2.64. The van der Waals surface area contributed by atoms with E-state index in [2.05, 4.69) is 55.5 Å². The van der Waals surface area contributed by atoms with Crippen LogP contribution in [0.15, 0.2) is 82.6 Å². The number of rotatable bonds is 5. The van der Waals surface area contributed by atoms with Crippen molar-refractivity contribution in [2.24, 2.45) is 0 Å². The minimum atomic E-state index is 0.184. The molecule has 2 heteroatoms. The van der Waals surface area contributed by atoms with Gasteiger partial charge in [0.15, 0.2) is 5.78 Å². The molecule has 120 valence electrons. The first kappa shape index (κ1) is 16.5. The lowest BCUT2D eigenvalue weighted by molar-refractivity contribution is 0.0989. The van der Waals surface area contributed by atoms with Gasteiger partial charge >= 0.3 is 0 Å². The van der Waals surface area contributed by atoms with E-state index in [1.54, 1.807) is 11.8 Å². The summed E-state index contributed by atoms with van der Waals surface area (Å²) in [6.07, 6.45) is 0.526. The fraction of sp³-hybridized carbons (Fsp3) is 0.136. The highest BCUT2D eigenvalue weighted by Crippen LogP contribution is 2.31. The first-order valence-corrected chi connectivity index (χ1v) is 8.96. The van der Waals surface area contributed by atoms with E-state index in [4.69, 9.17) is 0 Å².